The van der Waals surface area contributed by atoms with E-state index in [4.69, 9.17) is 24.4 Å². The molecule has 0 amide bonds. The van der Waals surface area contributed by atoms with E-state index in [1.165, 1.54) is 6.08 Å². The van der Waals surface area contributed by atoms with Gasteiger partial charge >= 0.3 is 23.9 Å². The van der Waals surface area contributed by atoms with Crippen molar-refractivity contribution >= 4 is 23.9 Å². The molecule has 268 valence electrons. The molecule has 2 rings (SSSR count). The van der Waals surface area contributed by atoms with Gasteiger partial charge in [0, 0.05) is 30.9 Å². The number of aliphatic hydroxyl groups excluding tert-OH is 1. The lowest BCUT2D eigenvalue weighted by molar-refractivity contribution is -0.308. The van der Waals surface area contributed by atoms with Crippen molar-refractivity contribution in [1.82, 2.24) is 0 Å². The maximum absolute atomic E-state index is 12.8. The van der Waals surface area contributed by atoms with Crippen molar-refractivity contribution in [2.75, 3.05) is 0 Å². The number of carboxylic acid groups (broad SMARTS) is 3. The molecule has 0 aliphatic carbocycles. The quantitative estimate of drug-likeness (QED) is 0.0508. The van der Waals surface area contributed by atoms with Crippen LogP contribution in [0.2, 0.25) is 0 Å². The zero-order valence-corrected chi connectivity index (χ0v) is 28.9. The number of esters is 1. The Bertz CT molecular complexity index is 1260. The van der Waals surface area contributed by atoms with Crippen LogP contribution in [0.5, 0.6) is 0 Å². The van der Waals surface area contributed by atoms with E-state index in [9.17, 15) is 29.4 Å². The van der Waals surface area contributed by atoms with Crippen LogP contribution in [0.3, 0.4) is 0 Å². The van der Waals surface area contributed by atoms with Crippen molar-refractivity contribution in [2.45, 2.75) is 135 Å². The molecule has 11 heteroatoms. The molecule has 1 spiro atoms. The van der Waals surface area contributed by atoms with Crippen molar-refractivity contribution < 1.29 is 53.8 Å². The highest BCUT2D eigenvalue weighted by molar-refractivity contribution is 5.81. The smallest absolute Gasteiger partial charge is 0.328 e. The highest BCUT2D eigenvalue weighted by atomic mass is 16.7. The highest BCUT2D eigenvalue weighted by Crippen LogP contribution is 2.51. The van der Waals surface area contributed by atoms with Gasteiger partial charge in [-0.25, -0.2) is 9.59 Å². The third-order valence-electron chi connectivity index (χ3n) is 9.02. The van der Waals surface area contributed by atoms with Crippen LogP contribution in [0.15, 0.2) is 59.8 Å². The van der Waals surface area contributed by atoms with Gasteiger partial charge in [-0.05, 0) is 57.1 Å². The van der Waals surface area contributed by atoms with Gasteiger partial charge in [-0.15, -0.1) is 0 Å². The minimum Gasteiger partial charge on any atom is -0.481 e. The number of ether oxygens (including phenoxy) is 3. The van der Waals surface area contributed by atoms with Crippen molar-refractivity contribution in [3.8, 4) is 0 Å². The molecule has 0 saturated carbocycles. The molecule has 2 aliphatic heterocycles. The van der Waals surface area contributed by atoms with Gasteiger partial charge in [0.2, 0.25) is 0 Å². The summed E-state index contributed by atoms with van der Waals surface area (Å²) in [5.74, 6) is -4.98. The second kappa shape index (κ2) is 19.5. The van der Waals surface area contributed by atoms with E-state index >= 15 is 0 Å². The van der Waals surface area contributed by atoms with E-state index in [-0.39, 0.29) is 30.8 Å². The van der Waals surface area contributed by atoms with Gasteiger partial charge in [-0.2, -0.15) is 0 Å². The average molecular weight is 675 g/mol. The van der Waals surface area contributed by atoms with Crippen LogP contribution in [0.25, 0.3) is 0 Å². The fourth-order valence-electron chi connectivity index (χ4n) is 6.05. The largest absolute Gasteiger partial charge is 0.481 e. The Balaban J connectivity index is 2.31. The maximum atomic E-state index is 12.8. The number of rotatable bonds is 19. The third-order valence-corrected chi connectivity index (χ3v) is 9.02. The lowest BCUT2D eigenvalue weighted by atomic mass is 9.85. The molecule has 7 atom stereocenters. The Labute approximate surface area is 284 Å². The first kappa shape index (κ1) is 40.6. The average Bonchev–Trinajstić information content (AvgIpc) is 3.38. The van der Waals surface area contributed by atoms with E-state index in [1.807, 2.05) is 13.0 Å². The summed E-state index contributed by atoms with van der Waals surface area (Å²) in [4.78, 5) is 46.0. The van der Waals surface area contributed by atoms with Gasteiger partial charge in [0.1, 0.15) is 11.7 Å². The lowest BCUT2D eigenvalue weighted by Crippen LogP contribution is -2.50. The number of hydrogen-bond acceptors (Lipinski definition) is 8. The third kappa shape index (κ3) is 13.5. The van der Waals surface area contributed by atoms with Gasteiger partial charge in [0.25, 0.3) is 0 Å². The maximum Gasteiger partial charge on any atom is 0.328 e. The van der Waals surface area contributed by atoms with Crippen molar-refractivity contribution in [3.05, 3.63) is 59.8 Å². The molecule has 0 aromatic heterocycles. The van der Waals surface area contributed by atoms with Gasteiger partial charge in [0.05, 0.1) is 25.0 Å². The monoisotopic (exact) mass is 674 g/mol. The summed E-state index contributed by atoms with van der Waals surface area (Å²) < 4.78 is 19.6. The molecule has 2 saturated heterocycles. The van der Waals surface area contributed by atoms with Crippen LogP contribution < -0.4 is 0 Å². The number of carbonyl (C=O) groups is 4. The number of allylic oxidation sites excluding steroid dienone is 4. The number of aliphatic hydroxyl groups is 1. The molecule has 0 bridgehead atoms. The second-order valence-corrected chi connectivity index (χ2v) is 13.2. The van der Waals surface area contributed by atoms with Crippen LogP contribution in [-0.4, -0.2) is 74.0 Å². The minimum absolute atomic E-state index is 0.163. The molecule has 4 N–H and O–H groups in total. The SMILES string of the molecule is CCCCC[C@]1([C@H](/C=C/C(C)=C/C(=O)O)OC(=O)CCC(=O)O)CC[C@]2(CC[C@H](C)[C@@H](C/C=C(C)/C=C/[C@H](O)[C@@H](C)/C=C/C(=O)O)O2)O1. The van der Waals surface area contributed by atoms with E-state index in [0.29, 0.717) is 37.7 Å². The molecule has 2 heterocycles. The van der Waals surface area contributed by atoms with Gasteiger partial charge in [-0.3, -0.25) is 9.59 Å². The van der Waals surface area contributed by atoms with Crippen LogP contribution in [0.1, 0.15) is 105 Å². The number of aliphatic carboxylic acids is 3. The van der Waals surface area contributed by atoms with Crippen molar-refractivity contribution in [1.29, 1.82) is 0 Å². The van der Waals surface area contributed by atoms with E-state index in [0.717, 1.165) is 43.4 Å². The first-order valence-corrected chi connectivity index (χ1v) is 16.9. The second-order valence-electron chi connectivity index (χ2n) is 13.2. The molecule has 0 aromatic carbocycles. The zero-order chi connectivity index (χ0) is 35.9. The Kier molecular flexibility index (Phi) is 16.5. The molecule has 0 aromatic rings. The zero-order valence-electron chi connectivity index (χ0n) is 28.9. The fraction of sp³-hybridized carbons (Fsp3) is 0.622. The standard InChI is InChI=1S/C37H54O11/c1-6-7-8-20-36(31(15-11-26(3)24-34(43)44)46-35(45)18-17-33(41)42)22-23-37(48-36)21-19-28(5)30(47-37)14-10-25(2)9-13-29(38)27(4)12-16-32(39)40/h9-13,15-16,24,27-31,38H,6-8,14,17-23H2,1-5H3,(H,39,40)(H,41,42)(H,43,44)/b13-9+,15-11+,16-12+,25-10+,26-24+/t27-,28-,29-,30+,31-,36+,37-/m0/s1. The summed E-state index contributed by atoms with van der Waals surface area (Å²) in [5, 5.41) is 37.5. The van der Waals surface area contributed by atoms with Gasteiger partial charge in [0.15, 0.2) is 5.79 Å². The van der Waals surface area contributed by atoms with Crippen LogP contribution >= 0.6 is 0 Å². The van der Waals surface area contributed by atoms with Crippen LogP contribution in [-0.2, 0) is 33.4 Å². The Morgan fingerprint density at radius 1 is 0.917 bits per heavy atom. The number of hydrogen-bond donors (Lipinski definition) is 4. The minimum atomic E-state index is -1.11. The summed E-state index contributed by atoms with van der Waals surface area (Å²) >= 11 is 0. The lowest BCUT2D eigenvalue weighted by Gasteiger charge is -2.44. The van der Waals surface area contributed by atoms with Crippen LogP contribution in [0, 0.1) is 11.8 Å². The molecule has 2 fully saturated rings. The molecular formula is C37H54O11. The number of unbranched alkanes of at least 4 members (excludes halogenated alkanes) is 2. The Hall–Kier alpha value is -3.54. The Morgan fingerprint density at radius 3 is 2.27 bits per heavy atom. The molecule has 2 aliphatic rings. The summed E-state index contributed by atoms with van der Waals surface area (Å²) in [6.07, 6.45) is 16.2. The van der Waals surface area contributed by atoms with E-state index in [1.54, 1.807) is 38.2 Å². The summed E-state index contributed by atoms with van der Waals surface area (Å²) in [5.41, 5.74) is 0.418. The van der Waals surface area contributed by atoms with Crippen molar-refractivity contribution in [2.24, 2.45) is 11.8 Å². The first-order chi connectivity index (χ1) is 22.6. The predicted octanol–water partition coefficient (Wildman–Crippen LogP) is 6.52. The highest BCUT2D eigenvalue weighted by Gasteiger charge is 2.56. The summed E-state index contributed by atoms with van der Waals surface area (Å²) in [6, 6.07) is 0. The number of carbonyl (C=O) groups excluding carboxylic acids is 1. The molecule has 11 nitrogen and oxygen atoms in total. The van der Waals surface area contributed by atoms with Crippen LogP contribution in [0.4, 0.5) is 0 Å². The first-order valence-electron chi connectivity index (χ1n) is 16.9. The topological polar surface area (TPSA) is 177 Å². The van der Waals surface area contributed by atoms with Crippen molar-refractivity contribution in [3.63, 3.8) is 0 Å². The fourth-order valence-corrected chi connectivity index (χ4v) is 6.05. The summed E-state index contributed by atoms with van der Waals surface area (Å²) in [6.45, 7) is 9.51. The van der Waals surface area contributed by atoms with Gasteiger partial charge < -0.3 is 34.6 Å². The predicted molar refractivity (Wildman–Crippen MR) is 180 cm³/mol. The number of carboxylic acids is 3. The van der Waals surface area contributed by atoms with Gasteiger partial charge in [-0.1, -0.05) is 76.0 Å². The van der Waals surface area contributed by atoms with E-state index in [2.05, 4.69) is 13.8 Å². The molecule has 0 radical (unpaired) electrons. The molecule has 0 unspecified atom stereocenters. The van der Waals surface area contributed by atoms with E-state index < -0.39 is 47.5 Å². The molecular weight excluding hydrogens is 620 g/mol. The summed E-state index contributed by atoms with van der Waals surface area (Å²) in [7, 11) is 0. The molecule has 48 heavy (non-hydrogen) atoms. The Morgan fingerprint density at radius 2 is 1.62 bits per heavy atom. The normalized spacial score (nSPS) is 27.1.